The van der Waals surface area contributed by atoms with Gasteiger partial charge in [0.25, 0.3) is 0 Å². The van der Waals surface area contributed by atoms with Crippen molar-refractivity contribution in [2.24, 2.45) is 0 Å². The molecule has 1 rings (SSSR count). The first-order valence-electron chi connectivity index (χ1n) is 4.81. The van der Waals surface area contributed by atoms with Gasteiger partial charge in [0.05, 0.1) is 12.7 Å². The molecule has 0 aromatic heterocycles. The van der Waals surface area contributed by atoms with Crippen molar-refractivity contribution < 1.29 is 10.9 Å². The van der Waals surface area contributed by atoms with Crippen molar-refractivity contribution in [3.63, 3.8) is 0 Å². The number of hydrogen-bond donors (Lipinski definition) is 0. The maximum atomic E-state index is 11.2. The van der Waals surface area contributed by atoms with Crippen molar-refractivity contribution in [2.75, 3.05) is 7.11 Å². The molecule has 0 atom stereocenters. The normalized spacial score (nSPS) is 9.38. The number of ketones is 1. The van der Waals surface area contributed by atoms with Crippen LogP contribution in [0, 0.1) is 6.92 Å². The van der Waals surface area contributed by atoms with E-state index in [1.807, 2.05) is 19.1 Å². The second kappa shape index (κ2) is 4.65. The van der Waals surface area contributed by atoms with E-state index in [-0.39, 0.29) is 5.78 Å². The molecule has 0 aliphatic carbocycles. The van der Waals surface area contributed by atoms with Gasteiger partial charge in [-0.15, -0.1) is 0 Å². The molecular formula is C11H16O2. The average molecular weight is 182 g/mol. The Morgan fingerprint density at radius 2 is 2.15 bits per heavy atom. The van der Waals surface area contributed by atoms with Crippen LogP contribution in [0.2, 0.25) is 0 Å². The summed E-state index contributed by atoms with van der Waals surface area (Å²) in [4.78, 5) is 11.2. The largest absolute Gasteiger partial charge is 0.496 e. The Morgan fingerprint density at radius 3 is 2.54 bits per heavy atom. The lowest BCUT2D eigenvalue weighted by Gasteiger charge is -2.07. The van der Waals surface area contributed by atoms with Crippen LogP contribution in [0.5, 0.6) is 5.75 Å². The summed E-state index contributed by atoms with van der Waals surface area (Å²) in [6, 6.07) is 5.57. The maximum Gasteiger partial charge on any atom is 0.163 e. The quantitative estimate of drug-likeness (QED) is 0.657. The minimum absolute atomic E-state index is 0.0463. The van der Waals surface area contributed by atoms with Gasteiger partial charge in [0.15, 0.2) is 5.78 Å². The molecular weight excluding hydrogens is 164 g/mol. The van der Waals surface area contributed by atoms with E-state index in [4.69, 9.17) is 6.11 Å². The number of carbonyl (C=O) groups is 1. The third-order valence-electron chi connectivity index (χ3n) is 1.81. The first kappa shape index (κ1) is 9.78. The Labute approximate surface area is 80.9 Å². The van der Waals surface area contributed by atoms with Gasteiger partial charge in [0, 0.05) is 1.37 Å². The molecule has 1 aromatic carbocycles. The van der Waals surface area contributed by atoms with Crippen LogP contribution in [0.25, 0.3) is 0 Å². The fourth-order valence-electron chi connectivity index (χ4n) is 1.26. The second-order valence-electron chi connectivity index (χ2n) is 2.71. The number of hydrogen-bond acceptors (Lipinski definition) is 2. The summed E-state index contributed by atoms with van der Waals surface area (Å²) in [5.41, 5.74) is 1.64. The van der Waals surface area contributed by atoms with Crippen molar-refractivity contribution in [3.8, 4) is 5.75 Å². The Bertz CT molecular complexity index is 308. The van der Waals surface area contributed by atoms with Crippen molar-refractivity contribution in [2.45, 2.75) is 21.3 Å². The van der Waals surface area contributed by atoms with Crippen molar-refractivity contribution in [1.82, 2.24) is 0 Å². The molecule has 0 heterocycles. The van der Waals surface area contributed by atoms with Gasteiger partial charge in [0.2, 0.25) is 0 Å². The van der Waals surface area contributed by atoms with Crippen molar-refractivity contribution in [3.05, 3.63) is 29.3 Å². The van der Waals surface area contributed by atoms with E-state index < -0.39 is 0 Å². The van der Waals surface area contributed by atoms with Crippen LogP contribution in [0.15, 0.2) is 18.2 Å². The third kappa shape index (κ3) is 2.31. The highest BCUT2D eigenvalue weighted by atomic mass is 16.5. The summed E-state index contributed by atoms with van der Waals surface area (Å²) in [5.74, 6) is 0.701. The Kier molecular flexibility index (Phi) is 3.50. The molecule has 2 nitrogen and oxygen atoms in total. The van der Waals surface area contributed by atoms with Gasteiger partial charge in [-0.3, -0.25) is 4.79 Å². The molecule has 0 spiro atoms. The highest BCUT2D eigenvalue weighted by Crippen LogP contribution is 2.21. The molecule has 0 aliphatic rings. The SMILES string of the molecule is COc1cccc(C)c1C(C)=O.[3H]C. The fraction of sp³-hybridized carbons (Fsp3) is 0.364. The number of methoxy groups -OCH3 is 1. The van der Waals surface area contributed by atoms with Crippen LogP contribution in [0.3, 0.4) is 0 Å². The first-order valence-corrected chi connectivity index (χ1v) is 3.81. The zero-order chi connectivity index (χ0) is 11.1. The van der Waals surface area contributed by atoms with Crippen LogP contribution in [0.1, 0.15) is 31.6 Å². The highest BCUT2D eigenvalue weighted by molar-refractivity contribution is 5.98. The number of aryl methyl sites for hydroxylation is 1. The van der Waals surface area contributed by atoms with E-state index >= 15 is 0 Å². The average Bonchev–Trinajstić information content (AvgIpc) is 2.19. The third-order valence-corrected chi connectivity index (χ3v) is 1.81. The Hall–Kier alpha value is -1.31. The van der Waals surface area contributed by atoms with E-state index in [2.05, 4.69) is 0 Å². The molecule has 0 radical (unpaired) electrons. The molecule has 0 saturated carbocycles. The van der Waals surface area contributed by atoms with Crippen molar-refractivity contribution in [1.29, 1.82) is 0 Å². The van der Waals surface area contributed by atoms with Gasteiger partial charge in [-0.25, -0.2) is 0 Å². The Morgan fingerprint density at radius 1 is 1.54 bits per heavy atom. The van der Waals surface area contributed by atoms with E-state index in [9.17, 15) is 4.79 Å². The summed E-state index contributed by atoms with van der Waals surface area (Å²) >= 11 is 0. The molecule has 0 N–H and O–H groups in total. The lowest BCUT2D eigenvalue weighted by Crippen LogP contribution is -1.99. The predicted molar refractivity (Wildman–Crippen MR) is 54.5 cm³/mol. The molecule has 1 aromatic rings. The van der Waals surface area contributed by atoms with Gasteiger partial charge in [0.1, 0.15) is 5.75 Å². The van der Waals surface area contributed by atoms with Gasteiger partial charge in [-0.05, 0) is 25.5 Å². The van der Waals surface area contributed by atoms with Crippen molar-refractivity contribution >= 4 is 5.78 Å². The minimum atomic E-state index is 0.0463. The number of Topliss-reactive ketones (excluding diaryl/α,β-unsaturated/α-hetero) is 1. The molecule has 72 valence electrons. The summed E-state index contributed by atoms with van der Waals surface area (Å²) in [7, 11) is 2.82. The predicted octanol–water partition coefficient (Wildman–Crippen LogP) is 2.84. The minimum Gasteiger partial charge on any atom is -0.496 e. The van der Waals surface area contributed by atoms with Crippen LogP contribution >= 0.6 is 0 Å². The smallest absolute Gasteiger partial charge is 0.163 e. The molecule has 13 heavy (non-hydrogen) atoms. The molecule has 0 unspecified atom stereocenters. The fourth-order valence-corrected chi connectivity index (χ4v) is 1.26. The summed E-state index contributed by atoms with van der Waals surface area (Å²) in [6.45, 7) is 3.45. The van der Waals surface area contributed by atoms with Crippen LogP contribution in [-0.2, 0) is 0 Å². The number of rotatable bonds is 2. The molecule has 0 bridgehead atoms. The molecule has 0 saturated heterocycles. The van der Waals surface area contributed by atoms with E-state index in [1.54, 1.807) is 20.1 Å². The molecule has 0 amide bonds. The lowest BCUT2D eigenvalue weighted by molar-refractivity contribution is 0.101. The number of ether oxygens (including phenoxy) is 1. The zero-order valence-corrected chi connectivity index (χ0v) is 8.55. The monoisotopic (exact) mass is 182 g/mol. The number of carbonyl (C=O) groups excluding carboxylic acids is 1. The zero-order valence-electron chi connectivity index (χ0n) is 9.55. The topological polar surface area (TPSA) is 26.3 Å². The summed E-state index contributed by atoms with van der Waals surface area (Å²) in [6.07, 6.45) is 0. The van der Waals surface area contributed by atoms with E-state index in [0.717, 1.165) is 5.56 Å². The van der Waals surface area contributed by atoms with E-state index in [0.29, 0.717) is 11.3 Å². The molecule has 0 aliphatic heterocycles. The number of benzene rings is 1. The molecule has 0 fully saturated rings. The maximum absolute atomic E-state index is 11.2. The Balaban J connectivity index is 0.000000791. The van der Waals surface area contributed by atoms with Crippen LogP contribution in [0.4, 0.5) is 0 Å². The van der Waals surface area contributed by atoms with Gasteiger partial charge in [-0.1, -0.05) is 19.5 Å². The van der Waals surface area contributed by atoms with Gasteiger partial charge in [-0.2, -0.15) is 0 Å². The standard InChI is InChI=1S/C10H12O2.CH4/c1-7-5-4-6-9(12-3)10(7)8(2)11;/h4-6H,1-3H3;1H4/i;1T. The van der Waals surface area contributed by atoms with Gasteiger partial charge < -0.3 is 4.74 Å². The molecule has 2 heteroatoms. The van der Waals surface area contributed by atoms with Crippen LogP contribution in [-0.4, -0.2) is 12.9 Å². The summed E-state index contributed by atoms with van der Waals surface area (Å²) < 4.78 is 10.8. The highest BCUT2D eigenvalue weighted by Gasteiger charge is 2.09. The van der Waals surface area contributed by atoms with Gasteiger partial charge >= 0.3 is 0 Å². The first-order chi connectivity index (χ1) is 6.66. The van der Waals surface area contributed by atoms with E-state index in [1.165, 1.54) is 7.40 Å². The lowest BCUT2D eigenvalue weighted by atomic mass is 10.0. The van der Waals surface area contributed by atoms with Crippen LogP contribution < -0.4 is 4.74 Å². The second-order valence-corrected chi connectivity index (χ2v) is 2.71. The summed E-state index contributed by atoms with van der Waals surface area (Å²) in [5, 5.41) is 0.